The maximum absolute atomic E-state index is 14.7. The molecule has 0 spiro atoms. The molecule has 4 aromatic rings. The second-order valence-corrected chi connectivity index (χ2v) is 8.49. The van der Waals surface area contributed by atoms with E-state index in [1.165, 1.54) is 12.4 Å². The Hall–Kier alpha value is -3.00. The largest absolute Gasteiger partial charge is 0.481 e. The van der Waals surface area contributed by atoms with Gasteiger partial charge >= 0.3 is 5.97 Å². The predicted molar refractivity (Wildman–Crippen MR) is 111 cm³/mol. The summed E-state index contributed by atoms with van der Waals surface area (Å²) in [4.78, 5) is 28.4. The number of rotatable bonds is 3. The van der Waals surface area contributed by atoms with Crippen LogP contribution in [0.25, 0.3) is 33.5 Å². The fourth-order valence-corrected chi connectivity index (χ4v) is 4.69. The lowest BCUT2D eigenvalue weighted by atomic mass is 9.71. The molecule has 1 aliphatic carbocycles. The molecule has 30 heavy (non-hydrogen) atoms. The summed E-state index contributed by atoms with van der Waals surface area (Å²) in [6, 6.07) is 1.38. The summed E-state index contributed by atoms with van der Waals surface area (Å²) in [6.45, 7) is 1.73. The summed E-state index contributed by atoms with van der Waals surface area (Å²) >= 11 is 6.09. The number of carbonyl (C=O) groups is 1. The molecule has 154 valence electrons. The van der Waals surface area contributed by atoms with Crippen LogP contribution < -0.4 is 0 Å². The molecule has 0 saturated heterocycles. The lowest BCUT2D eigenvalue weighted by molar-refractivity contribution is -0.152. The van der Waals surface area contributed by atoms with Gasteiger partial charge in [0.1, 0.15) is 11.3 Å². The molecule has 9 heteroatoms. The summed E-state index contributed by atoms with van der Waals surface area (Å²) in [6.07, 6.45) is 9.00. The zero-order chi connectivity index (χ0) is 21.0. The number of nitrogens with one attached hydrogen (secondary N) is 1. The first-order valence-electron chi connectivity index (χ1n) is 9.78. The van der Waals surface area contributed by atoms with Gasteiger partial charge in [0.05, 0.1) is 21.9 Å². The maximum atomic E-state index is 14.7. The molecule has 7 nitrogen and oxygen atoms in total. The van der Waals surface area contributed by atoms with Crippen molar-refractivity contribution in [3.8, 4) is 11.4 Å². The van der Waals surface area contributed by atoms with Crippen LogP contribution in [0.5, 0.6) is 0 Å². The zero-order valence-corrected chi connectivity index (χ0v) is 16.9. The van der Waals surface area contributed by atoms with Crippen LogP contribution in [-0.4, -0.2) is 35.6 Å². The molecule has 0 radical (unpaired) electrons. The van der Waals surface area contributed by atoms with Crippen LogP contribution >= 0.6 is 11.6 Å². The van der Waals surface area contributed by atoms with Gasteiger partial charge in [0, 0.05) is 35.7 Å². The number of carboxylic acid groups (broad SMARTS) is 1. The Balaban J connectivity index is 1.70. The van der Waals surface area contributed by atoms with Gasteiger partial charge in [-0.05, 0) is 25.8 Å². The molecule has 1 fully saturated rings. The third-order valence-electron chi connectivity index (χ3n) is 6.25. The SMILES string of the molecule is C[C@@]1(C(=O)O)CCCC[C@H]1n1cc(F)c2cnc(-c3c[nH]c4ncc(Cl)cc34)nc21. The minimum absolute atomic E-state index is 0.271. The van der Waals surface area contributed by atoms with Gasteiger partial charge in [0.2, 0.25) is 0 Å². The van der Waals surface area contributed by atoms with Crippen LogP contribution in [0.3, 0.4) is 0 Å². The molecule has 0 aromatic carbocycles. The fourth-order valence-electron chi connectivity index (χ4n) is 4.53. The lowest BCUT2D eigenvalue weighted by Gasteiger charge is -2.38. The Bertz CT molecular complexity index is 1300. The molecule has 5 rings (SSSR count). The topological polar surface area (TPSA) is 96.7 Å². The number of pyridine rings is 1. The minimum atomic E-state index is -0.986. The first kappa shape index (κ1) is 19.0. The van der Waals surface area contributed by atoms with E-state index in [2.05, 4.69) is 19.9 Å². The van der Waals surface area contributed by atoms with Gasteiger partial charge in [0.15, 0.2) is 11.6 Å². The number of hydrogen-bond acceptors (Lipinski definition) is 4. The highest BCUT2D eigenvalue weighted by Gasteiger charge is 2.45. The van der Waals surface area contributed by atoms with Crippen molar-refractivity contribution in [2.24, 2.45) is 5.41 Å². The standard InChI is InChI=1S/C21H19ClFN5O2/c1-21(20(29)30)5-3-2-4-16(21)28-10-15(23)14-9-26-18(27-19(14)28)13-8-25-17-12(13)6-11(22)7-24-17/h6-10,16H,2-5H2,1H3,(H,24,25)(H,29,30)/t16-,21-/m1/s1. The molecule has 2 atom stereocenters. The number of nitrogens with zero attached hydrogens (tertiary/aromatic N) is 4. The van der Waals surface area contributed by atoms with Gasteiger partial charge < -0.3 is 14.7 Å². The van der Waals surface area contributed by atoms with Gasteiger partial charge in [0.25, 0.3) is 0 Å². The van der Waals surface area contributed by atoms with Crippen LogP contribution in [0.2, 0.25) is 5.02 Å². The number of aromatic nitrogens is 5. The summed E-state index contributed by atoms with van der Waals surface area (Å²) in [7, 11) is 0. The highest BCUT2D eigenvalue weighted by atomic mass is 35.5. The molecule has 0 bridgehead atoms. The predicted octanol–water partition coefficient (Wildman–Crippen LogP) is 4.97. The van der Waals surface area contributed by atoms with E-state index < -0.39 is 23.2 Å². The minimum Gasteiger partial charge on any atom is -0.481 e. The smallest absolute Gasteiger partial charge is 0.311 e. The first-order valence-corrected chi connectivity index (χ1v) is 10.2. The number of fused-ring (bicyclic) bond motifs is 2. The molecule has 0 unspecified atom stereocenters. The van der Waals surface area contributed by atoms with E-state index in [0.717, 1.165) is 18.2 Å². The fraction of sp³-hybridized carbons (Fsp3) is 0.333. The molecule has 1 aliphatic rings. The van der Waals surface area contributed by atoms with Gasteiger partial charge in [-0.1, -0.05) is 24.4 Å². The van der Waals surface area contributed by atoms with Crippen LogP contribution in [0, 0.1) is 11.2 Å². The molecule has 4 aromatic heterocycles. The van der Waals surface area contributed by atoms with Crippen molar-refractivity contribution >= 4 is 39.6 Å². The Labute approximate surface area is 175 Å². The van der Waals surface area contributed by atoms with Crippen molar-refractivity contribution < 1.29 is 14.3 Å². The number of aromatic amines is 1. The average molecular weight is 428 g/mol. The van der Waals surface area contributed by atoms with E-state index in [-0.39, 0.29) is 5.39 Å². The Morgan fingerprint density at radius 3 is 2.97 bits per heavy atom. The summed E-state index contributed by atoms with van der Waals surface area (Å²) in [5.41, 5.74) is 0.742. The van der Waals surface area contributed by atoms with Crippen molar-refractivity contribution in [2.45, 2.75) is 38.6 Å². The summed E-state index contributed by atoms with van der Waals surface area (Å²) in [5.74, 6) is -0.940. The first-order chi connectivity index (χ1) is 14.4. The quantitative estimate of drug-likeness (QED) is 0.481. The van der Waals surface area contributed by atoms with E-state index in [1.807, 2.05) is 0 Å². The monoisotopic (exact) mass is 427 g/mol. The highest BCUT2D eigenvalue weighted by molar-refractivity contribution is 6.31. The van der Waals surface area contributed by atoms with E-state index in [0.29, 0.717) is 40.5 Å². The van der Waals surface area contributed by atoms with Crippen molar-refractivity contribution in [2.75, 3.05) is 0 Å². The van der Waals surface area contributed by atoms with E-state index in [9.17, 15) is 14.3 Å². The third kappa shape index (κ3) is 2.78. The molecule has 4 heterocycles. The Morgan fingerprint density at radius 2 is 2.17 bits per heavy atom. The van der Waals surface area contributed by atoms with Crippen molar-refractivity contribution in [1.82, 2.24) is 24.5 Å². The number of carboxylic acids is 1. The number of aliphatic carboxylic acids is 1. The highest BCUT2D eigenvalue weighted by Crippen LogP contribution is 2.46. The molecular formula is C21H19ClFN5O2. The molecule has 1 saturated carbocycles. The van der Waals surface area contributed by atoms with Crippen LogP contribution in [0.1, 0.15) is 38.6 Å². The van der Waals surface area contributed by atoms with Crippen LogP contribution in [0.4, 0.5) is 4.39 Å². The number of halogens is 2. The summed E-state index contributed by atoms with van der Waals surface area (Å²) < 4.78 is 16.4. The van der Waals surface area contributed by atoms with Gasteiger partial charge in [-0.3, -0.25) is 4.79 Å². The second kappa shape index (κ2) is 6.77. The van der Waals surface area contributed by atoms with Crippen molar-refractivity contribution in [1.29, 1.82) is 0 Å². The average Bonchev–Trinajstić information content (AvgIpc) is 3.28. The summed E-state index contributed by atoms with van der Waals surface area (Å²) in [5, 5.41) is 11.4. The molecule has 0 aliphatic heterocycles. The third-order valence-corrected chi connectivity index (χ3v) is 6.45. The van der Waals surface area contributed by atoms with E-state index >= 15 is 0 Å². The normalized spacial score (nSPS) is 22.0. The van der Waals surface area contributed by atoms with E-state index in [4.69, 9.17) is 11.6 Å². The van der Waals surface area contributed by atoms with Crippen LogP contribution in [0.15, 0.2) is 30.9 Å². The maximum Gasteiger partial charge on any atom is 0.311 e. The molecule has 2 N–H and O–H groups in total. The van der Waals surface area contributed by atoms with Gasteiger partial charge in [-0.15, -0.1) is 0 Å². The second-order valence-electron chi connectivity index (χ2n) is 8.05. The van der Waals surface area contributed by atoms with Gasteiger partial charge in [-0.2, -0.15) is 0 Å². The van der Waals surface area contributed by atoms with Crippen molar-refractivity contribution in [3.05, 3.63) is 41.7 Å². The molecular weight excluding hydrogens is 409 g/mol. The van der Waals surface area contributed by atoms with Crippen molar-refractivity contribution in [3.63, 3.8) is 0 Å². The number of hydrogen-bond donors (Lipinski definition) is 2. The lowest BCUT2D eigenvalue weighted by Crippen LogP contribution is -2.39. The Kier molecular flexibility index (Phi) is 4.28. The zero-order valence-electron chi connectivity index (χ0n) is 16.2. The van der Waals surface area contributed by atoms with E-state index in [1.54, 1.807) is 30.0 Å². The number of H-pyrrole nitrogens is 1. The van der Waals surface area contributed by atoms with Crippen LogP contribution in [-0.2, 0) is 4.79 Å². The van der Waals surface area contributed by atoms with Gasteiger partial charge in [-0.25, -0.2) is 19.3 Å². The Morgan fingerprint density at radius 1 is 1.33 bits per heavy atom. The molecule has 0 amide bonds.